The number of hydrogen-bond donors (Lipinski definition) is 0. The van der Waals surface area contributed by atoms with Gasteiger partial charge in [-0.15, -0.1) is 0 Å². The van der Waals surface area contributed by atoms with E-state index in [9.17, 15) is 5.11 Å². The molecule has 0 spiro atoms. The second-order valence-electron chi connectivity index (χ2n) is 6.04. The van der Waals surface area contributed by atoms with Crippen molar-refractivity contribution in [1.29, 1.82) is 0 Å². The summed E-state index contributed by atoms with van der Waals surface area (Å²) in [7, 11) is 11.2. The first kappa shape index (κ1) is 17.0. The summed E-state index contributed by atoms with van der Waals surface area (Å²) in [6.45, 7) is 0. The molecule has 0 N–H and O–H groups in total. The van der Waals surface area contributed by atoms with Crippen LogP contribution in [-0.2, 0) is 0 Å². The average molecular weight is 357 g/mol. The van der Waals surface area contributed by atoms with Crippen LogP contribution in [0.15, 0.2) is 64.8 Å². The smallest absolute Gasteiger partial charge is 0.199 e. The molecule has 24 heavy (non-hydrogen) atoms. The third kappa shape index (κ3) is 3.32. The fraction of sp³-hybridized carbons (Fsp3) is 0.211. The van der Waals surface area contributed by atoms with Gasteiger partial charge >= 0.3 is 0 Å². The maximum absolute atomic E-state index is 12.8. The molecule has 0 bridgehead atoms. The van der Waals surface area contributed by atoms with Crippen molar-refractivity contribution in [2.75, 3.05) is 33.1 Å². The Balaban J connectivity index is 1.93. The van der Waals surface area contributed by atoms with E-state index in [1.807, 2.05) is 76.8 Å². The second kappa shape index (κ2) is 6.95. The summed E-state index contributed by atoms with van der Waals surface area (Å²) in [6.07, 6.45) is 8.14. The summed E-state index contributed by atoms with van der Waals surface area (Å²) in [6, 6.07) is 8.14. The highest BCUT2D eigenvalue weighted by molar-refractivity contribution is 8.82. The van der Waals surface area contributed by atoms with Gasteiger partial charge < -0.3 is 10.0 Å². The van der Waals surface area contributed by atoms with Crippen molar-refractivity contribution in [2.45, 2.75) is 0 Å². The van der Waals surface area contributed by atoms with Crippen LogP contribution < -0.4 is 10.0 Å². The SMILES string of the molecule is CN(C)c1ccc(C2=C([O-])C(=C3C=CC(=[N+](C)C)C=C3)SS2)cc1. The van der Waals surface area contributed by atoms with Crippen LogP contribution in [0.3, 0.4) is 0 Å². The van der Waals surface area contributed by atoms with Gasteiger partial charge in [0.15, 0.2) is 5.71 Å². The van der Waals surface area contributed by atoms with Gasteiger partial charge in [-0.1, -0.05) is 39.5 Å². The Morgan fingerprint density at radius 2 is 1.46 bits per heavy atom. The lowest BCUT2D eigenvalue weighted by Gasteiger charge is -2.15. The van der Waals surface area contributed by atoms with Gasteiger partial charge in [0, 0.05) is 41.7 Å². The summed E-state index contributed by atoms with van der Waals surface area (Å²) in [5.41, 5.74) is 4.24. The minimum absolute atomic E-state index is 0.125. The Bertz CT molecular complexity index is 790. The summed E-state index contributed by atoms with van der Waals surface area (Å²) in [4.78, 5) is 3.69. The van der Waals surface area contributed by atoms with Crippen LogP contribution in [-0.4, -0.2) is 38.5 Å². The molecular weight excluding hydrogens is 336 g/mol. The number of nitrogens with zero attached hydrogens (tertiary/aromatic N) is 2. The van der Waals surface area contributed by atoms with E-state index in [1.165, 1.54) is 0 Å². The molecule has 0 saturated heterocycles. The number of rotatable bonds is 2. The van der Waals surface area contributed by atoms with E-state index in [0.717, 1.165) is 32.3 Å². The molecule has 0 unspecified atom stereocenters. The van der Waals surface area contributed by atoms with Crippen molar-refractivity contribution >= 4 is 37.9 Å². The lowest BCUT2D eigenvalue weighted by atomic mass is 10.1. The molecule has 3 nitrogen and oxygen atoms in total. The van der Waals surface area contributed by atoms with E-state index in [1.54, 1.807) is 21.6 Å². The minimum Gasteiger partial charge on any atom is -0.871 e. The van der Waals surface area contributed by atoms with Gasteiger partial charge in [0.1, 0.15) is 14.1 Å². The zero-order valence-corrected chi connectivity index (χ0v) is 15.9. The topological polar surface area (TPSA) is 29.3 Å². The first-order chi connectivity index (χ1) is 11.5. The summed E-state index contributed by atoms with van der Waals surface area (Å²) in [5.74, 6) is 0.125. The van der Waals surface area contributed by atoms with Crippen LogP contribution in [0.2, 0.25) is 0 Å². The average Bonchev–Trinajstić information content (AvgIpc) is 2.96. The summed E-state index contributed by atoms with van der Waals surface area (Å²) < 4.78 is 2.05. The predicted molar refractivity (Wildman–Crippen MR) is 105 cm³/mol. The molecule has 1 aliphatic heterocycles. The largest absolute Gasteiger partial charge is 0.871 e. The molecule has 1 aliphatic carbocycles. The normalized spacial score (nSPS) is 17.1. The van der Waals surface area contributed by atoms with Crippen molar-refractivity contribution in [3.8, 4) is 0 Å². The first-order valence-electron chi connectivity index (χ1n) is 7.66. The Hall–Kier alpha value is -1.85. The van der Waals surface area contributed by atoms with Gasteiger partial charge in [-0.25, -0.2) is 4.58 Å². The van der Waals surface area contributed by atoms with Crippen molar-refractivity contribution in [3.05, 3.63) is 70.4 Å². The molecule has 0 atom stereocenters. The molecule has 0 aromatic heterocycles. The fourth-order valence-electron chi connectivity index (χ4n) is 2.44. The molecule has 124 valence electrons. The van der Waals surface area contributed by atoms with E-state index < -0.39 is 0 Å². The minimum atomic E-state index is 0.125. The van der Waals surface area contributed by atoms with Gasteiger partial charge in [-0.2, -0.15) is 0 Å². The lowest BCUT2D eigenvalue weighted by molar-refractivity contribution is -0.462. The summed E-state index contributed by atoms with van der Waals surface area (Å²) >= 11 is 0. The zero-order chi connectivity index (χ0) is 17.3. The standard InChI is InChI=1S/C19H20N2OS2/c1-20(2)15-9-5-13(6-10-15)18-17(22)19(24-23-18)14-7-11-16(12-8-14)21(3)4/h5-12H,1-4H3. The van der Waals surface area contributed by atoms with E-state index in [2.05, 4.69) is 9.48 Å². The van der Waals surface area contributed by atoms with Crippen molar-refractivity contribution in [2.24, 2.45) is 0 Å². The van der Waals surface area contributed by atoms with Crippen LogP contribution in [0.1, 0.15) is 5.56 Å². The molecule has 0 amide bonds. The maximum atomic E-state index is 12.8. The molecule has 1 aromatic carbocycles. The van der Waals surface area contributed by atoms with Crippen LogP contribution in [0.4, 0.5) is 5.69 Å². The molecule has 0 saturated carbocycles. The van der Waals surface area contributed by atoms with E-state index in [0.29, 0.717) is 0 Å². The van der Waals surface area contributed by atoms with Crippen molar-refractivity contribution in [1.82, 2.24) is 0 Å². The zero-order valence-electron chi connectivity index (χ0n) is 14.2. The molecule has 3 rings (SSSR count). The molecule has 0 radical (unpaired) electrons. The number of anilines is 1. The van der Waals surface area contributed by atoms with Crippen LogP contribution in [0.5, 0.6) is 0 Å². The van der Waals surface area contributed by atoms with Gasteiger partial charge in [0.25, 0.3) is 0 Å². The van der Waals surface area contributed by atoms with Crippen molar-refractivity contribution in [3.63, 3.8) is 0 Å². The molecule has 1 heterocycles. The van der Waals surface area contributed by atoms with Crippen LogP contribution in [0.25, 0.3) is 4.91 Å². The molecule has 2 aliphatic rings. The second-order valence-corrected chi connectivity index (χ2v) is 8.19. The first-order valence-corrected chi connectivity index (χ1v) is 9.81. The highest BCUT2D eigenvalue weighted by Gasteiger charge is 2.19. The van der Waals surface area contributed by atoms with E-state index >= 15 is 0 Å². The quantitative estimate of drug-likeness (QED) is 0.601. The van der Waals surface area contributed by atoms with E-state index in [-0.39, 0.29) is 5.76 Å². The number of allylic oxidation sites excluding steroid dienone is 5. The Labute approximate surface area is 151 Å². The number of hydrogen-bond acceptors (Lipinski definition) is 4. The molecule has 0 fully saturated rings. The predicted octanol–water partition coefficient (Wildman–Crippen LogP) is 3.27. The van der Waals surface area contributed by atoms with Crippen LogP contribution in [0, 0.1) is 0 Å². The monoisotopic (exact) mass is 356 g/mol. The van der Waals surface area contributed by atoms with E-state index in [4.69, 9.17) is 0 Å². The molecule has 5 heteroatoms. The third-order valence-electron chi connectivity index (χ3n) is 3.91. The molecule has 1 aromatic rings. The van der Waals surface area contributed by atoms with Gasteiger partial charge in [-0.3, -0.25) is 0 Å². The highest BCUT2D eigenvalue weighted by atomic mass is 33.1. The van der Waals surface area contributed by atoms with Gasteiger partial charge in [0.2, 0.25) is 0 Å². The fourth-order valence-corrected chi connectivity index (χ4v) is 5.03. The highest BCUT2D eigenvalue weighted by Crippen LogP contribution is 2.53. The number of benzene rings is 1. The lowest BCUT2D eigenvalue weighted by Crippen LogP contribution is -2.11. The van der Waals surface area contributed by atoms with Gasteiger partial charge in [0.05, 0.1) is 0 Å². The maximum Gasteiger partial charge on any atom is 0.199 e. The Morgan fingerprint density at radius 1 is 0.875 bits per heavy atom. The third-order valence-corrected chi connectivity index (χ3v) is 6.42. The van der Waals surface area contributed by atoms with Gasteiger partial charge in [-0.05, 0) is 35.4 Å². The summed E-state index contributed by atoms with van der Waals surface area (Å²) in [5, 5.41) is 12.8. The van der Waals surface area contributed by atoms with Crippen LogP contribution >= 0.6 is 21.6 Å². The Kier molecular flexibility index (Phi) is 4.92. The Morgan fingerprint density at radius 3 is 2.00 bits per heavy atom. The van der Waals surface area contributed by atoms with Crippen molar-refractivity contribution < 1.29 is 9.68 Å². The molecular formula is C19H20N2OS2.